The number of hydrogen-bond acceptors (Lipinski definition) is 15. The Kier molecular flexibility index (Phi) is 10.0. The number of fused-ring (bicyclic) bond motifs is 1. The maximum absolute atomic E-state index is 14.4. The van der Waals surface area contributed by atoms with Crippen LogP contribution in [0.4, 0.5) is 56.1 Å². The third-order valence-corrected chi connectivity index (χ3v) is 9.52. The maximum atomic E-state index is 14.4. The molecule has 1 aromatic heterocycles. The SMILES string of the molecule is Cc1ccc(Nc2nc(F)nc(Nc3ccc(S(=O)(=O)O)c(N=Nc4c(C)cc5cc(S(=O)(=O)O)c(N=Nc6cccc(C)c6)c(N)c5c4O)c3)n2)cc1. The second kappa shape index (κ2) is 14.5. The number of benzene rings is 5. The Hall–Kier alpha value is -6.48. The Morgan fingerprint density at radius 2 is 1.31 bits per heavy atom. The molecular weight excluding hydrogens is 744 g/mol. The predicted octanol–water partition coefficient (Wildman–Crippen LogP) is 8.19. The van der Waals surface area contributed by atoms with E-state index in [4.69, 9.17) is 5.73 Å². The van der Waals surface area contributed by atoms with Gasteiger partial charge in [0.25, 0.3) is 20.2 Å². The number of anilines is 5. The standard InChI is InChI=1S/C34H29FN10O7S2/c1-17-7-9-21(10-8-17)37-33-39-32(35)40-34(41-33)38-22-11-12-25(53(47,48)49)24(16-22)43-44-29-19(3)14-20-15-26(54(50,51)52)30(28(36)27(20)31(29)46)45-42-23-6-4-5-18(2)13-23/h4-16,46H,36H2,1-3H3,(H,47,48,49)(H,50,51,52)(H2,37,38,39,40,41). The Labute approximate surface area is 307 Å². The normalized spacial score (nSPS) is 12.2. The van der Waals surface area contributed by atoms with E-state index >= 15 is 0 Å². The number of azo groups is 2. The number of nitrogens with two attached hydrogens (primary N) is 1. The number of hydrogen-bond donors (Lipinski definition) is 6. The van der Waals surface area contributed by atoms with Gasteiger partial charge in [-0.15, -0.1) is 15.3 Å². The lowest BCUT2D eigenvalue weighted by molar-refractivity contribution is 0.480. The number of phenols is 1. The molecule has 276 valence electrons. The molecule has 0 atom stereocenters. The molecule has 17 nitrogen and oxygen atoms in total. The molecule has 0 aliphatic heterocycles. The minimum Gasteiger partial charge on any atom is -0.505 e. The molecular formula is C34H29FN10O7S2. The molecule has 20 heteroatoms. The number of phenolic OH excluding ortho intramolecular Hbond substituents is 1. The van der Waals surface area contributed by atoms with Gasteiger partial charge >= 0.3 is 6.08 Å². The lowest BCUT2D eigenvalue weighted by Gasteiger charge is -2.14. The number of nitrogen functional groups attached to an aromatic ring is 1. The smallest absolute Gasteiger partial charge is 0.315 e. The minimum absolute atomic E-state index is 0.0780. The van der Waals surface area contributed by atoms with Crippen molar-refractivity contribution < 1.29 is 35.4 Å². The van der Waals surface area contributed by atoms with Crippen LogP contribution in [0.25, 0.3) is 10.8 Å². The summed E-state index contributed by atoms with van der Waals surface area (Å²) in [5.41, 5.74) is 7.95. The van der Waals surface area contributed by atoms with Gasteiger partial charge in [-0.1, -0.05) is 29.8 Å². The van der Waals surface area contributed by atoms with Gasteiger partial charge in [-0.05, 0) is 91.9 Å². The van der Waals surface area contributed by atoms with E-state index in [9.17, 15) is 35.4 Å². The van der Waals surface area contributed by atoms with Gasteiger partial charge in [-0.3, -0.25) is 9.11 Å². The molecule has 0 amide bonds. The summed E-state index contributed by atoms with van der Waals surface area (Å²) >= 11 is 0. The van der Waals surface area contributed by atoms with Crippen LogP contribution in [-0.4, -0.2) is 46.0 Å². The van der Waals surface area contributed by atoms with E-state index < -0.39 is 53.2 Å². The molecule has 0 unspecified atom stereocenters. The topological polar surface area (TPSA) is 267 Å². The van der Waals surface area contributed by atoms with Crippen LogP contribution in [0.1, 0.15) is 16.7 Å². The number of aryl methyl sites for hydroxylation is 3. The number of aromatic hydroxyl groups is 1. The summed E-state index contributed by atoms with van der Waals surface area (Å²) in [6, 6.07) is 19.8. The van der Waals surface area contributed by atoms with Crippen molar-refractivity contribution >= 4 is 82.7 Å². The highest BCUT2D eigenvalue weighted by Crippen LogP contribution is 2.47. The zero-order valence-electron chi connectivity index (χ0n) is 28.4. The van der Waals surface area contributed by atoms with Crippen molar-refractivity contribution in [1.29, 1.82) is 0 Å². The third kappa shape index (κ3) is 8.26. The molecule has 1 heterocycles. The fourth-order valence-corrected chi connectivity index (χ4v) is 6.52. The van der Waals surface area contributed by atoms with Crippen LogP contribution in [0.3, 0.4) is 0 Å². The summed E-state index contributed by atoms with van der Waals surface area (Å²) < 4.78 is 83.7. The maximum Gasteiger partial charge on any atom is 0.315 e. The largest absolute Gasteiger partial charge is 0.505 e. The van der Waals surface area contributed by atoms with Gasteiger partial charge in [0.2, 0.25) is 11.9 Å². The predicted molar refractivity (Wildman–Crippen MR) is 198 cm³/mol. The summed E-state index contributed by atoms with van der Waals surface area (Å²) in [4.78, 5) is 10.1. The average Bonchev–Trinajstić information content (AvgIpc) is 3.07. The first-order chi connectivity index (χ1) is 25.5. The first kappa shape index (κ1) is 37.3. The number of nitrogens with one attached hydrogen (secondary N) is 2. The molecule has 0 saturated carbocycles. The van der Waals surface area contributed by atoms with Gasteiger partial charge in [0, 0.05) is 11.4 Å². The highest BCUT2D eigenvalue weighted by atomic mass is 32.2. The van der Waals surface area contributed by atoms with E-state index in [2.05, 4.69) is 46.0 Å². The molecule has 0 bridgehead atoms. The molecule has 0 fully saturated rings. The number of rotatable bonds is 10. The molecule has 5 aromatic carbocycles. The van der Waals surface area contributed by atoms with E-state index in [1.165, 1.54) is 19.1 Å². The fourth-order valence-electron chi connectivity index (χ4n) is 5.25. The fraction of sp³-hybridized carbons (Fsp3) is 0.0882. The van der Waals surface area contributed by atoms with Crippen LogP contribution in [0.15, 0.2) is 109 Å². The van der Waals surface area contributed by atoms with Crippen molar-refractivity contribution in [2.45, 2.75) is 30.6 Å². The number of halogens is 1. The van der Waals surface area contributed by atoms with E-state index in [-0.39, 0.29) is 45.3 Å². The van der Waals surface area contributed by atoms with Crippen LogP contribution < -0.4 is 16.4 Å². The zero-order valence-corrected chi connectivity index (χ0v) is 30.0. The molecule has 0 spiro atoms. The Bertz CT molecular complexity index is 2750. The van der Waals surface area contributed by atoms with Crippen molar-refractivity contribution in [3.63, 3.8) is 0 Å². The third-order valence-electron chi connectivity index (χ3n) is 7.75. The van der Waals surface area contributed by atoms with E-state index in [0.29, 0.717) is 11.4 Å². The summed E-state index contributed by atoms with van der Waals surface area (Å²) in [5, 5.41) is 33.0. The van der Waals surface area contributed by atoms with Gasteiger partial charge in [0.1, 0.15) is 26.9 Å². The zero-order chi connectivity index (χ0) is 38.9. The minimum atomic E-state index is -4.89. The Morgan fingerprint density at radius 3 is 1.96 bits per heavy atom. The molecule has 0 saturated heterocycles. The van der Waals surface area contributed by atoms with Crippen molar-refractivity contribution in [3.05, 3.63) is 102 Å². The molecule has 0 aliphatic rings. The van der Waals surface area contributed by atoms with Crippen molar-refractivity contribution in [2.24, 2.45) is 20.5 Å². The highest BCUT2D eigenvalue weighted by molar-refractivity contribution is 7.86. The van der Waals surface area contributed by atoms with Gasteiger partial charge in [-0.2, -0.15) is 41.3 Å². The first-order valence-electron chi connectivity index (χ1n) is 15.6. The van der Waals surface area contributed by atoms with Crippen molar-refractivity contribution in [3.8, 4) is 5.75 Å². The van der Waals surface area contributed by atoms with Crippen LogP contribution in [-0.2, 0) is 20.2 Å². The van der Waals surface area contributed by atoms with E-state index in [1.54, 1.807) is 30.3 Å². The molecule has 0 radical (unpaired) electrons. The number of aromatic nitrogens is 3. The number of nitrogens with zero attached hydrogens (tertiary/aromatic N) is 7. The molecule has 6 aromatic rings. The summed E-state index contributed by atoms with van der Waals surface area (Å²) in [5.74, 6) is -0.997. The second-order valence-corrected chi connectivity index (χ2v) is 14.6. The summed E-state index contributed by atoms with van der Waals surface area (Å²) in [6.07, 6.45) is -1.12. The van der Waals surface area contributed by atoms with Crippen molar-refractivity contribution in [1.82, 2.24) is 15.0 Å². The van der Waals surface area contributed by atoms with Crippen LogP contribution in [0.2, 0.25) is 0 Å². The Morgan fingerprint density at radius 1 is 0.685 bits per heavy atom. The molecule has 7 N–H and O–H groups in total. The lowest BCUT2D eigenvalue weighted by atomic mass is 10.0. The van der Waals surface area contributed by atoms with Crippen LogP contribution in [0, 0.1) is 26.8 Å². The van der Waals surface area contributed by atoms with E-state index in [0.717, 1.165) is 29.3 Å². The van der Waals surface area contributed by atoms with Gasteiger partial charge in [0.05, 0.1) is 16.8 Å². The lowest BCUT2D eigenvalue weighted by Crippen LogP contribution is -2.06. The van der Waals surface area contributed by atoms with Crippen molar-refractivity contribution in [2.75, 3.05) is 16.4 Å². The van der Waals surface area contributed by atoms with Gasteiger partial charge in [0.15, 0.2) is 5.75 Å². The summed E-state index contributed by atoms with van der Waals surface area (Å²) in [7, 11) is -9.76. The van der Waals surface area contributed by atoms with E-state index in [1.807, 2.05) is 32.0 Å². The first-order valence-corrected chi connectivity index (χ1v) is 18.4. The monoisotopic (exact) mass is 772 g/mol. The molecule has 54 heavy (non-hydrogen) atoms. The highest BCUT2D eigenvalue weighted by Gasteiger charge is 2.25. The average molecular weight is 773 g/mol. The summed E-state index contributed by atoms with van der Waals surface area (Å²) in [6.45, 7) is 5.20. The molecule has 0 aliphatic carbocycles. The van der Waals surface area contributed by atoms with Crippen LogP contribution >= 0.6 is 0 Å². The van der Waals surface area contributed by atoms with Gasteiger partial charge < -0.3 is 21.5 Å². The quantitative estimate of drug-likeness (QED) is 0.0436. The van der Waals surface area contributed by atoms with Crippen LogP contribution in [0.5, 0.6) is 5.75 Å². The Balaban J connectivity index is 1.40. The van der Waals surface area contributed by atoms with Gasteiger partial charge in [-0.25, -0.2) is 0 Å². The molecule has 6 rings (SSSR count). The second-order valence-electron chi connectivity index (χ2n) is 11.9.